The highest BCUT2D eigenvalue weighted by atomic mass is 16.3. The summed E-state index contributed by atoms with van der Waals surface area (Å²) in [6.45, 7) is 6.65. The van der Waals surface area contributed by atoms with Gasteiger partial charge in [-0.25, -0.2) is 0 Å². The Morgan fingerprint density at radius 2 is 1.45 bits per heavy atom. The fourth-order valence-corrected chi connectivity index (χ4v) is 2.74. The zero-order valence-electron chi connectivity index (χ0n) is 12.6. The van der Waals surface area contributed by atoms with Crippen LogP contribution in [0.15, 0.2) is 48.5 Å². The van der Waals surface area contributed by atoms with Gasteiger partial charge in [0, 0.05) is 0 Å². The molecule has 0 spiro atoms. The fourth-order valence-electron chi connectivity index (χ4n) is 2.74. The van der Waals surface area contributed by atoms with Crippen molar-refractivity contribution < 1.29 is 5.11 Å². The molecule has 0 heterocycles. The predicted octanol–water partition coefficient (Wildman–Crippen LogP) is 5.39. The number of hydrogen-bond donors (Lipinski definition) is 1. The summed E-state index contributed by atoms with van der Waals surface area (Å²) in [5.41, 5.74) is 4.05. The van der Waals surface area contributed by atoms with Crippen LogP contribution in [0.2, 0.25) is 0 Å². The van der Waals surface area contributed by atoms with Crippen molar-refractivity contribution >= 4 is 0 Å². The normalized spacial score (nSPS) is 13.9. The molecule has 0 aromatic heterocycles. The van der Waals surface area contributed by atoms with E-state index in [1.807, 2.05) is 12.1 Å². The van der Waals surface area contributed by atoms with Gasteiger partial charge in [0.05, 0.1) is 0 Å². The molecule has 0 radical (unpaired) electrons. The Bertz CT molecular complexity index is 525. The van der Waals surface area contributed by atoms with Gasteiger partial charge >= 0.3 is 0 Å². The van der Waals surface area contributed by atoms with Crippen LogP contribution >= 0.6 is 0 Å². The Morgan fingerprint density at radius 3 is 2.00 bits per heavy atom. The molecule has 1 N–H and O–H groups in total. The van der Waals surface area contributed by atoms with Gasteiger partial charge in [-0.05, 0) is 54.9 Å². The lowest BCUT2D eigenvalue weighted by atomic mass is 9.84. The Balaban J connectivity index is 2.09. The highest BCUT2D eigenvalue weighted by Gasteiger charge is 2.15. The minimum Gasteiger partial charge on any atom is -0.508 e. The molecule has 0 aliphatic carbocycles. The standard InChI is InChI=1S/C19H24O/c1-4-16(18-7-5-14(2)6-8-18)13-15(3)17-9-11-19(20)12-10-17/h5-12,15-16,20H,4,13H2,1-3H3. The smallest absolute Gasteiger partial charge is 0.115 e. The molecule has 1 heteroatoms. The van der Waals surface area contributed by atoms with Crippen molar-refractivity contribution in [3.05, 3.63) is 65.2 Å². The lowest BCUT2D eigenvalue weighted by molar-refractivity contribution is 0.474. The second-order valence-electron chi connectivity index (χ2n) is 5.74. The summed E-state index contributed by atoms with van der Waals surface area (Å²) in [5, 5.41) is 9.37. The third kappa shape index (κ3) is 3.63. The minimum absolute atomic E-state index is 0.339. The van der Waals surface area contributed by atoms with E-state index in [0.717, 1.165) is 12.8 Å². The molecule has 0 saturated carbocycles. The van der Waals surface area contributed by atoms with Gasteiger partial charge in [-0.15, -0.1) is 0 Å². The number of rotatable bonds is 5. The first-order valence-corrected chi connectivity index (χ1v) is 7.45. The maximum atomic E-state index is 9.37. The molecule has 1 nitrogen and oxygen atoms in total. The molecular formula is C19H24O. The maximum Gasteiger partial charge on any atom is 0.115 e. The lowest BCUT2D eigenvalue weighted by Crippen LogP contribution is -2.03. The van der Waals surface area contributed by atoms with Crippen molar-refractivity contribution in [3.63, 3.8) is 0 Å². The lowest BCUT2D eigenvalue weighted by Gasteiger charge is -2.21. The van der Waals surface area contributed by atoms with E-state index in [1.54, 1.807) is 12.1 Å². The van der Waals surface area contributed by atoms with Gasteiger partial charge in [0.15, 0.2) is 0 Å². The summed E-state index contributed by atoms with van der Waals surface area (Å²) in [6, 6.07) is 16.5. The van der Waals surface area contributed by atoms with Crippen molar-refractivity contribution in [1.29, 1.82) is 0 Å². The van der Waals surface area contributed by atoms with Crippen molar-refractivity contribution in [2.45, 2.75) is 45.4 Å². The van der Waals surface area contributed by atoms with Crippen LogP contribution in [0.3, 0.4) is 0 Å². The number of aryl methyl sites for hydroxylation is 1. The number of phenolic OH excluding ortho intramolecular Hbond substituents is 1. The van der Waals surface area contributed by atoms with Gasteiger partial charge < -0.3 is 5.11 Å². The molecule has 0 amide bonds. The van der Waals surface area contributed by atoms with Crippen LogP contribution in [0.4, 0.5) is 0 Å². The number of phenols is 1. The summed E-state index contributed by atoms with van der Waals surface area (Å²) >= 11 is 0. The summed E-state index contributed by atoms with van der Waals surface area (Å²) in [4.78, 5) is 0. The second-order valence-corrected chi connectivity index (χ2v) is 5.74. The van der Waals surface area contributed by atoms with Crippen LogP contribution in [0.1, 0.15) is 55.2 Å². The monoisotopic (exact) mass is 268 g/mol. The van der Waals surface area contributed by atoms with Crippen LogP contribution in [0, 0.1) is 6.92 Å². The average Bonchev–Trinajstić information content (AvgIpc) is 2.46. The van der Waals surface area contributed by atoms with Crippen LogP contribution in [0.5, 0.6) is 5.75 Å². The van der Waals surface area contributed by atoms with Crippen LogP contribution in [-0.4, -0.2) is 5.11 Å². The van der Waals surface area contributed by atoms with E-state index in [2.05, 4.69) is 45.0 Å². The first-order chi connectivity index (χ1) is 9.60. The van der Waals surface area contributed by atoms with E-state index >= 15 is 0 Å². The Kier molecular flexibility index (Phi) is 4.84. The molecular weight excluding hydrogens is 244 g/mol. The van der Waals surface area contributed by atoms with Crippen LogP contribution in [0.25, 0.3) is 0 Å². The summed E-state index contributed by atoms with van der Waals surface area (Å²) in [6.07, 6.45) is 2.30. The summed E-state index contributed by atoms with van der Waals surface area (Å²) in [7, 11) is 0. The molecule has 106 valence electrons. The van der Waals surface area contributed by atoms with E-state index < -0.39 is 0 Å². The molecule has 2 unspecified atom stereocenters. The van der Waals surface area contributed by atoms with E-state index in [1.165, 1.54) is 16.7 Å². The Hall–Kier alpha value is -1.76. The largest absolute Gasteiger partial charge is 0.508 e. The molecule has 0 bridgehead atoms. The number of benzene rings is 2. The first-order valence-electron chi connectivity index (χ1n) is 7.45. The van der Waals surface area contributed by atoms with Gasteiger partial charge in [0.1, 0.15) is 5.75 Å². The molecule has 2 atom stereocenters. The predicted molar refractivity (Wildman–Crippen MR) is 85.3 cm³/mol. The molecule has 0 saturated heterocycles. The van der Waals surface area contributed by atoms with Crippen molar-refractivity contribution in [1.82, 2.24) is 0 Å². The summed E-state index contributed by atoms with van der Waals surface area (Å²) < 4.78 is 0. The molecule has 0 aliphatic heterocycles. The minimum atomic E-state index is 0.339. The Labute approximate surface area is 122 Å². The average molecular weight is 268 g/mol. The molecule has 2 rings (SSSR count). The van der Waals surface area contributed by atoms with Crippen molar-refractivity contribution in [2.75, 3.05) is 0 Å². The molecule has 0 aliphatic rings. The SMILES string of the molecule is CCC(CC(C)c1ccc(O)cc1)c1ccc(C)cc1. The third-order valence-corrected chi connectivity index (χ3v) is 4.14. The Morgan fingerprint density at radius 1 is 0.900 bits per heavy atom. The van der Waals surface area contributed by atoms with E-state index in [-0.39, 0.29) is 0 Å². The molecule has 2 aromatic rings. The number of hydrogen-bond acceptors (Lipinski definition) is 1. The third-order valence-electron chi connectivity index (χ3n) is 4.14. The maximum absolute atomic E-state index is 9.37. The van der Waals surface area contributed by atoms with Crippen LogP contribution in [-0.2, 0) is 0 Å². The first kappa shape index (κ1) is 14.6. The van der Waals surface area contributed by atoms with Crippen LogP contribution < -0.4 is 0 Å². The van der Waals surface area contributed by atoms with E-state index in [4.69, 9.17) is 0 Å². The van der Waals surface area contributed by atoms with E-state index in [9.17, 15) is 5.11 Å². The quantitative estimate of drug-likeness (QED) is 0.771. The molecule has 2 aromatic carbocycles. The molecule has 20 heavy (non-hydrogen) atoms. The topological polar surface area (TPSA) is 20.2 Å². The van der Waals surface area contributed by atoms with Crippen molar-refractivity contribution in [2.24, 2.45) is 0 Å². The van der Waals surface area contributed by atoms with Crippen molar-refractivity contribution in [3.8, 4) is 5.75 Å². The second kappa shape index (κ2) is 6.60. The van der Waals surface area contributed by atoms with E-state index in [0.29, 0.717) is 17.6 Å². The highest BCUT2D eigenvalue weighted by molar-refractivity contribution is 5.29. The summed E-state index contributed by atoms with van der Waals surface area (Å²) in [5.74, 6) is 1.44. The fraction of sp³-hybridized carbons (Fsp3) is 0.368. The molecule has 0 fully saturated rings. The van der Waals surface area contributed by atoms with Gasteiger partial charge in [-0.1, -0.05) is 55.8 Å². The van der Waals surface area contributed by atoms with Gasteiger partial charge in [-0.2, -0.15) is 0 Å². The van der Waals surface area contributed by atoms with Gasteiger partial charge in [0.25, 0.3) is 0 Å². The van der Waals surface area contributed by atoms with Gasteiger partial charge in [-0.3, -0.25) is 0 Å². The zero-order chi connectivity index (χ0) is 14.5. The highest BCUT2D eigenvalue weighted by Crippen LogP contribution is 2.32. The number of aromatic hydroxyl groups is 1. The zero-order valence-corrected chi connectivity index (χ0v) is 12.6. The van der Waals surface area contributed by atoms with Gasteiger partial charge in [0.2, 0.25) is 0 Å².